The molecular weight excluding hydrogens is 302 g/mol. The van der Waals surface area contributed by atoms with E-state index in [1.807, 2.05) is 51.1 Å². The normalized spacial score (nSPS) is 10.3. The Balaban J connectivity index is 2.01. The first-order valence-corrected chi connectivity index (χ1v) is 8.08. The average molecular weight is 325 g/mol. The molecule has 1 N–H and O–H groups in total. The van der Waals surface area contributed by atoms with Gasteiger partial charge < -0.3 is 10.2 Å². The van der Waals surface area contributed by atoms with E-state index in [2.05, 4.69) is 10.3 Å². The molecule has 0 unspecified atom stereocenters. The van der Waals surface area contributed by atoms with Crippen LogP contribution in [0, 0.1) is 13.8 Å². The van der Waals surface area contributed by atoms with Gasteiger partial charge in [0.25, 0.3) is 0 Å². The van der Waals surface area contributed by atoms with Crippen LogP contribution >= 0.6 is 0 Å². The molecule has 0 saturated heterocycles. The van der Waals surface area contributed by atoms with Crippen molar-refractivity contribution >= 4 is 17.5 Å². The monoisotopic (exact) mass is 325 g/mol. The van der Waals surface area contributed by atoms with E-state index in [-0.39, 0.29) is 0 Å². The molecular formula is C19H23N3O2. The fourth-order valence-electron chi connectivity index (χ4n) is 2.54. The Bertz CT molecular complexity index is 694. The molecule has 0 aliphatic heterocycles. The number of rotatable bonds is 5. The summed E-state index contributed by atoms with van der Waals surface area (Å²) in [6.07, 6.45) is 4.14. The largest absolute Gasteiger partial charge is 0.334 e. The van der Waals surface area contributed by atoms with Crippen LogP contribution < -0.4 is 5.32 Å². The molecule has 0 aliphatic rings. The van der Waals surface area contributed by atoms with Crippen molar-refractivity contribution in [2.45, 2.75) is 27.2 Å². The van der Waals surface area contributed by atoms with Crippen molar-refractivity contribution in [1.82, 2.24) is 9.88 Å². The summed E-state index contributed by atoms with van der Waals surface area (Å²) in [7, 11) is 0. The van der Waals surface area contributed by atoms with Gasteiger partial charge in [0.15, 0.2) is 0 Å². The Kier molecular flexibility index (Phi) is 6.07. The molecule has 1 aromatic heterocycles. The Morgan fingerprint density at radius 1 is 1.08 bits per heavy atom. The van der Waals surface area contributed by atoms with E-state index in [1.165, 1.54) is 0 Å². The van der Waals surface area contributed by atoms with Crippen LogP contribution in [-0.4, -0.2) is 34.8 Å². The van der Waals surface area contributed by atoms with Crippen molar-refractivity contribution in [1.29, 1.82) is 0 Å². The molecule has 0 atom stereocenters. The Morgan fingerprint density at radius 3 is 2.29 bits per heavy atom. The first-order chi connectivity index (χ1) is 11.5. The quantitative estimate of drug-likeness (QED) is 0.860. The number of para-hydroxylation sites is 1. The molecule has 126 valence electrons. The number of hydrogen-bond donors (Lipinski definition) is 1. The van der Waals surface area contributed by atoms with Crippen molar-refractivity contribution in [3.8, 4) is 0 Å². The van der Waals surface area contributed by atoms with E-state index in [4.69, 9.17) is 0 Å². The number of aromatic nitrogens is 1. The van der Waals surface area contributed by atoms with Crippen LogP contribution in [0.25, 0.3) is 0 Å². The second kappa shape index (κ2) is 8.24. The van der Waals surface area contributed by atoms with E-state index < -0.39 is 11.8 Å². The maximum atomic E-state index is 12.4. The number of nitrogens with one attached hydrogen (secondary N) is 1. The standard InChI is InChI=1S/C19H23N3O2/c1-4-22(13-10-16-8-11-20-12-9-16)19(24)18(23)21-17-14(2)6-5-7-15(17)3/h5-9,11-12H,4,10,13H2,1-3H3,(H,21,23). The summed E-state index contributed by atoms with van der Waals surface area (Å²) in [6, 6.07) is 9.57. The zero-order valence-electron chi connectivity index (χ0n) is 14.4. The van der Waals surface area contributed by atoms with Gasteiger partial charge in [-0.3, -0.25) is 14.6 Å². The smallest absolute Gasteiger partial charge is 0.313 e. The number of pyridine rings is 1. The molecule has 1 heterocycles. The maximum absolute atomic E-state index is 12.4. The number of aryl methyl sites for hydroxylation is 2. The highest BCUT2D eigenvalue weighted by Crippen LogP contribution is 2.19. The second-order valence-corrected chi connectivity index (χ2v) is 5.71. The molecule has 0 radical (unpaired) electrons. The van der Waals surface area contributed by atoms with Gasteiger partial charge in [-0.1, -0.05) is 18.2 Å². The lowest BCUT2D eigenvalue weighted by atomic mass is 10.1. The van der Waals surface area contributed by atoms with Crippen LogP contribution in [0.1, 0.15) is 23.6 Å². The van der Waals surface area contributed by atoms with Gasteiger partial charge in [-0.2, -0.15) is 0 Å². The summed E-state index contributed by atoms with van der Waals surface area (Å²) in [4.78, 5) is 30.3. The van der Waals surface area contributed by atoms with Crippen molar-refractivity contribution in [3.05, 3.63) is 59.4 Å². The summed E-state index contributed by atoms with van der Waals surface area (Å²) < 4.78 is 0. The predicted octanol–water partition coefficient (Wildman–Crippen LogP) is 2.73. The van der Waals surface area contributed by atoms with E-state index in [0.717, 1.165) is 16.7 Å². The minimum absolute atomic E-state index is 0.490. The zero-order valence-corrected chi connectivity index (χ0v) is 14.4. The van der Waals surface area contributed by atoms with Gasteiger partial charge >= 0.3 is 11.8 Å². The summed E-state index contributed by atoms with van der Waals surface area (Å²) in [5.41, 5.74) is 3.68. The lowest BCUT2D eigenvalue weighted by molar-refractivity contribution is -0.143. The zero-order chi connectivity index (χ0) is 17.5. The molecule has 2 amide bonds. The van der Waals surface area contributed by atoms with Crippen molar-refractivity contribution in [3.63, 3.8) is 0 Å². The minimum Gasteiger partial charge on any atom is -0.334 e. The summed E-state index contributed by atoms with van der Waals surface area (Å²) in [6.45, 7) is 6.68. The van der Waals surface area contributed by atoms with Gasteiger partial charge in [0, 0.05) is 31.2 Å². The Morgan fingerprint density at radius 2 is 1.71 bits per heavy atom. The van der Waals surface area contributed by atoms with E-state index in [9.17, 15) is 9.59 Å². The lowest BCUT2D eigenvalue weighted by Crippen LogP contribution is -2.40. The van der Waals surface area contributed by atoms with Crippen LogP contribution in [0.3, 0.4) is 0 Å². The highest BCUT2D eigenvalue weighted by molar-refractivity contribution is 6.39. The number of anilines is 1. The van der Waals surface area contributed by atoms with Crippen LogP contribution in [0.2, 0.25) is 0 Å². The first-order valence-electron chi connectivity index (χ1n) is 8.08. The minimum atomic E-state index is -0.594. The van der Waals surface area contributed by atoms with Crippen LogP contribution in [0.4, 0.5) is 5.69 Å². The molecule has 5 nitrogen and oxygen atoms in total. The molecule has 0 spiro atoms. The number of amides is 2. The third-order valence-corrected chi connectivity index (χ3v) is 4.00. The number of carbonyl (C=O) groups excluding carboxylic acids is 2. The Labute approximate surface area is 142 Å². The molecule has 0 saturated carbocycles. The lowest BCUT2D eigenvalue weighted by Gasteiger charge is -2.21. The first kappa shape index (κ1) is 17.7. The number of hydrogen-bond acceptors (Lipinski definition) is 3. The van der Waals surface area contributed by atoms with Crippen molar-refractivity contribution in [2.24, 2.45) is 0 Å². The highest BCUT2D eigenvalue weighted by atomic mass is 16.2. The third kappa shape index (κ3) is 4.41. The summed E-state index contributed by atoms with van der Waals surface area (Å²) in [5, 5.41) is 2.75. The summed E-state index contributed by atoms with van der Waals surface area (Å²) in [5.74, 6) is -1.10. The second-order valence-electron chi connectivity index (χ2n) is 5.71. The molecule has 5 heteroatoms. The van der Waals surface area contributed by atoms with Crippen LogP contribution in [-0.2, 0) is 16.0 Å². The fraction of sp³-hybridized carbons (Fsp3) is 0.316. The molecule has 2 rings (SSSR count). The number of benzene rings is 1. The number of likely N-dealkylation sites (N-methyl/N-ethyl adjacent to an activating group) is 1. The highest BCUT2D eigenvalue weighted by Gasteiger charge is 2.21. The van der Waals surface area contributed by atoms with E-state index in [1.54, 1.807) is 17.3 Å². The van der Waals surface area contributed by atoms with Crippen LogP contribution in [0.5, 0.6) is 0 Å². The summed E-state index contributed by atoms with van der Waals surface area (Å²) >= 11 is 0. The van der Waals surface area contributed by atoms with Gasteiger partial charge in [0.2, 0.25) is 0 Å². The number of nitrogens with zero attached hydrogens (tertiary/aromatic N) is 2. The van der Waals surface area contributed by atoms with E-state index in [0.29, 0.717) is 25.2 Å². The Hall–Kier alpha value is -2.69. The SMILES string of the molecule is CCN(CCc1ccncc1)C(=O)C(=O)Nc1c(C)cccc1C. The van der Waals surface area contributed by atoms with Gasteiger partial charge in [0.1, 0.15) is 0 Å². The van der Waals surface area contributed by atoms with Gasteiger partial charge in [-0.15, -0.1) is 0 Å². The van der Waals surface area contributed by atoms with Crippen LogP contribution in [0.15, 0.2) is 42.7 Å². The van der Waals surface area contributed by atoms with Crippen molar-refractivity contribution < 1.29 is 9.59 Å². The van der Waals surface area contributed by atoms with Crippen molar-refractivity contribution in [2.75, 3.05) is 18.4 Å². The molecule has 2 aromatic rings. The van der Waals surface area contributed by atoms with Gasteiger partial charge in [0.05, 0.1) is 0 Å². The number of carbonyl (C=O) groups is 2. The maximum Gasteiger partial charge on any atom is 0.313 e. The topological polar surface area (TPSA) is 62.3 Å². The van der Waals surface area contributed by atoms with E-state index >= 15 is 0 Å². The predicted molar refractivity (Wildman–Crippen MR) is 94.7 cm³/mol. The third-order valence-electron chi connectivity index (χ3n) is 4.00. The molecule has 24 heavy (non-hydrogen) atoms. The molecule has 1 aromatic carbocycles. The molecule has 0 bridgehead atoms. The fourth-order valence-corrected chi connectivity index (χ4v) is 2.54. The average Bonchev–Trinajstić information content (AvgIpc) is 2.59. The molecule has 0 fully saturated rings. The molecule has 0 aliphatic carbocycles. The van der Waals surface area contributed by atoms with Gasteiger partial charge in [-0.25, -0.2) is 0 Å². The van der Waals surface area contributed by atoms with Gasteiger partial charge in [-0.05, 0) is 56.0 Å².